The molecule has 3 fully saturated rings. The number of hydrazine groups is 2. The van der Waals surface area contributed by atoms with Crippen molar-refractivity contribution in [2.75, 3.05) is 116 Å². The number of anilines is 2. The van der Waals surface area contributed by atoms with Crippen molar-refractivity contribution in [3.8, 4) is 5.75 Å². The molecule has 8 aliphatic rings. The average Bonchev–Trinajstić information content (AvgIpc) is 1.53. The maximum Gasteiger partial charge on any atom is 0.410 e. The molecule has 10 N–H and O–H groups in total. The van der Waals surface area contributed by atoms with Gasteiger partial charge < -0.3 is 95.0 Å². The summed E-state index contributed by atoms with van der Waals surface area (Å²) in [6, 6.07) is 6.43. The Balaban J connectivity index is 0.677. The van der Waals surface area contributed by atoms with E-state index in [9.17, 15) is 62.6 Å². The molecule has 6 aliphatic heterocycles. The van der Waals surface area contributed by atoms with E-state index in [4.69, 9.17) is 49.5 Å². The van der Waals surface area contributed by atoms with Gasteiger partial charge in [-0.15, -0.1) is 29.1 Å². The molecular weight excluding hydrogens is 1850 g/mol. The molecule has 0 saturated carbocycles. The van der Waals surface area contributed by atoms with Gasteiger partial charge in [0.25, 0.3) is 0 Å². The lowest BCUT2D eigenvalue weighted by Crippen LogP contribution is -2.63. The van der Waals surface area contributed by atoms with Crippen molar-refractivity contribution in [1.29, 1.82) is 0 Å². The van der Waals surface area contributed by atoms with Crippen LogP contribution in [-0.4, -0.2) is 283 Å². The van der Waals surface area contributed by atoms with Crippen LogP contribution >= 0.6 is 46.9 Å². The first kappa shape index (κ1) is 110. The zero-order chi connectivity index (χ0) is 101. The molecule has 2 unspecified atom stereocenters. The highest BCUT2D eigenvalue weighted by Crippen LogP contribution is 2.52. The molecule has 760 valence electrons. The number of hydrogen-bond donors (Lipinski definition) is 10. The second kappa shape index (κ2) is 50.2. The number of thioether (sulfide) groups is 3. The monoisotopic (exact) mass is 1990 g/mol. The number of esters is 1. The molecule has 35 nitrogen and oxygen atoms in total. The lowest BCUT2D eigenvalue weighted by Gasteiger charge is -2.43. The average molecular weight is 2000 g/mol. The standard InChI is InChI=1S/C99H143ClN14O21S3/c1-58(2)84(91(122)101-13)106-92(123)85(59(3)4)112(16)95(126)131-54-63-33-35-66(36-34-63)103-90(121)69(30-23-24-43-102-77(115)37-41-97(10,11)132-47-42-96(8,9)130-19)104-78(116)32-26-44-114-72-56-138-86-67-28-21-20-22-29-68(82(67)87(86)137-55-70(72)108-109-114)105-89(120)65-38-45-113(46-39-65)81(119)57-136-48-40-79(117)110(14)62(7)93(124)134-76-52-80(118)111(15)71-50-64(51-73(128-17)83(71)100)49-60(5)27-25-31-75(129-18)99(127)53-74(133-94(125)107-99)61(6)88-98(76,12)135-88/h20-22,25,27-29,31,33-36,50-51,58-59,61-62,65,69,74-76,84-88,108-109,127H,23-24,26,30,32,37-49,52-57H2,1-19H3,(H,101,122)(H,102,115)(H,103,121)(H,104,116)(H,105,120)(H,106,123)(H,107,125)/b21-20?,22-20?,28-21?,29-22?,31-25+,60-27+,67-28?,68-29?,82-68?/t61-,62+,69+,74+,75-,76+,84+,85+,86?,87?,88+,98+,99+/m1/s1. The van der Waals surface area contributed by atoms with E-state index < -0.39 is 120 Å². The molecule has 6 heterocycles. The van der Waals surface area contributed by atoms with E-state index in [0.29, 0.717) is 118 Å². The van der Waals surface area contributed by atoms with Crippen molar-refractivity contribution >= 4 is 130 Å². The second-order valence-corrected chi connectivity index (χ2v) is 42.3. The van der Waals surface area contributed by atoms with Crippen molar-refractivity contribution in [2.45, 2.75) is 261 Å². The molecule has 4 bridgehead atoms. The number of carbonyl (C=O) groups excluding carboxylic acids is 12. The molecule has 13 atom stereocenters. The topological polar surface area (TPSA) is 427 Å². The van der Waals surface area contributed by atoms with Gasteiger partial charge in [0.05, 0.1) is 60.3 Å². The smallest absolute Gasteiger partial charge is 0.410 e. The Kier molecular flexibility index (Phi) is 40.1. The minimum absolute atomic E-state index is 0.0190. The van der Waals surface area contributed by atoms with E-state index in [0.717, 1.165) is 39.4 Å². The quantitative estimate of drug-likeness (QED) is 0.0128. The molecule has 39 heteroatoms. The van der Waals surface area contributed by atoms with E-state index in [1.807, 2.05) is 83.9 Å². The molecule has 2 aliphatic carbocycles. The first-order valence-corrected chi connectivity index (χ1v) is 51.2. The second-order valence-electron chi connectivity index (χ2n) is 38.6. The summed E-state index contributed by atoms with van der Waals surface area (Å²) in [5.74, 6) is -3.25. The molecule has 0 aromatic heterocycles. The van der Waals surface area contributed by atoms with Crippen molar-refractivity contribution < 1.29 is 101 Å². The number of epoxide rings is 1. The van der Waals surface area contributed by atoms with Crippen LogP contribution in [0.1, 0.15) is 178 Å². The summed E-state index contributed by atoms with van der Waals surface area (Å²) in [6.07, 6.45) is 13.6. The summed E-state index contributed by atoms with van der Waals surface area (Å²) in [7, 11) is 10.5. The number of alkyl carbamates (subject to hydrolysis) is 1. The van der Waals surface area contributed by atoms with E-state index >= 15 is 0 Å². The Hall–Kier alpha value is -9.64. The number of rotatable bonds is 40. The highest BCUT2D eigenvalue weighted by molar-refractivity contribution is 8.04. The Morgan fingerprint density at radius 2 is 1.54 bits per heavy atom. The maximum atomic E-state index is 14.6. The number of methoxy groups -OCH3 is 3. The number of likely N-dealkylation sites (tertiary alicyclic amines) is 1. The lowest BCUT2D eigenvalue weighted by atomic mass is 9.83. The van der Waals surface area contributed by atoms with Crippen molar-refractivity contribution in [1.82, 2.24) is 62.6 Å². The number of benzene rings is 2. The summed E-state index contributed by atoms with van der Waals surface area (Å²) in [5, 5.41) is 34.5. The van der Waals surface area contributed by atoms with Crippen LogP contribution in [0.4, 0.5) is 21.0 Å². The van der Waals surface area contributed by atoms with Gasteiger partial charge in [-0.3, -0.25) is 58.4 Å². The third-order valence-corrected chi connectivity index (χ3v) is 30.9. The molecule has 0 spiro atoms. The van der Waals surface area contributed by atoms with Crippen LogP contribution in [0, 0.1) is 23.7 Å². The number of nitrogens with one attached hydrogen (secondary N) is 9. The zero-order valence-corrected chi connectivity index (χ0v) is 86.3. The van der Waals surface area contributed by atoms with Crippen LogP contribution < -0.4 is 57.8 Å². The van der Waals surface area contributed by atoms with E-state index in [2.05, 4.69) is 54.3 Å². The predicted molar refractivity (Wildman–Crippen MR) is 532 cm³/mol. The van der Waals surface area contributed by atoms with Crippen molar-refractivity contribution in [3.05, 3.63) is 135 Å². The molecule has 3 saturated heterocycles. The summed E-state index contributed by atoms with van der Waals surface area (Å²) in [6.45, 7) is 23.9. The van der Waals surface area contributed by atoms with Gasteiger partial charge in [0.2, 0.25) is 53.2 Å². The van der Waals surface area contributed by atoms with Crippen LogP contribution in [0.25, 0.3) is 0 Å². The number of piperidine rings is 1. The van der Waals surface area contributed by atoms with Gasteiger partial charge in [-0.1, -0.05) is 106 Å². The van der Waals surface area contributed by atoms with Crippen LogP contribution in [-0.2, 0) is 94.1 Å². The third kappa shape index (κ3) is 29.5. The highest BCUT2D eigenvalue weighted by atomic mass is 35.5. The number of nitrogens with zero attached hydrogens (tertiary/aromatic N) is 5. The molecule has 2 aromatic carbocycles. The van der Waals surface area contributed by atoms with E-state index in [1.165, 1.54) is 68.7 Å². The number of carbonyl (C=O) groups is 12. The largest absolute Gasteiger partial charge is 0.495 e. The van der Waals surface area contributed by atoms with Crippen molar-refractivity contribution in [2.24, 2.45) is 23.7 Å². The number of aliphatic hydroxyl groups is 1. The summed E-state index contributed by atoms with van der Waals surface area (Å²) >= 11 is 11.8. The third-order valence-electron chi connectivity index (χ3n) is 26.8. The SMILES string of the molecule is CNC(=O)[C@@H](NC(=O)[C@H](C(C)C)N(C)C(=O)OCc1ccc(NC(=O)[C@H](CCCCNC(=O)CCC(C)(C)OCCC(C)(C)OC)NC(=O)CCCN2NNC3=C2CSC2C4=C(C(NC(=O)C5CCN(C(=O)CSCCC(=O)N(C)[C@@H](C)C(=O)O[C@H]6CC(=O)N(C)c7cc(cc(OC)c7Cl)C/C(C)=C/C=C/[C@@H](OC)[C@@]7(O)C[C@H](OC(=O)N7)[C@@H](C)[C@@H]7O[C@@]67C)CC5)=CC=CC=C4)C2SC3)cc1)C(C)C. The zero-order valence-electron chi connectivity index (χ0n) is 83.1. The fraction of sp³-hybridized carbons (Fsp3) is 0.616. The van der Waals surface area contributed by atoms with Crippen LogP contribution in [0.2, 0.25) is 5.02 Å². The fourth-order valence-electron chi connectivity index (χ4n) is 17.6. The first-order valence-electron chi connectivity index (χ1n) is 47.5. The van der Waals surface area contributed by atoms with E-state index in [-0.39, 0.29) is 119 Å². The highest BCUT2D eigenvalue weighted by Gasteiger charge is 2.65. The number of ether oxygens (including phenoxy) is 8. The molecule has 10 rings (SSSR count). The van der Waals surface area contributed by atoms with Gasteiger partial charge >= 0.3 is 18.2 Å². The summed E-state index contributed by atoms with van der Waals surface area (Å²) < 4.78 is 47.1. The number of unbranched alkanes of at least 4 members (excludes halogenated alkanes) is 1. The number of fused-ring (bicyclic) bond motifs is 8. The van der Waals surface area contributed by atoms with E-state index in [1.54, 1.807) is 119 Å². The molecule has 0 radical (unpaired) electrons. The van der Waals surface area contributed by atoms with Crippen LogP contribution in [0.15, 0.2) is 119 Å². The Labute approximate surface area is 828 Å². The number of likely N-dealkylation sites (N-methyl/N-ethyl adjacent to an activating group) is 3. The Bertz CT molecular complexity index is 4940. The van der Waals surface area contributed by atoms with Gasteiger partial charge in [0.1, 0.15) is 65.5 Å². The molecular formula is C99H143ClN14O21S3. The molecule has 2 aromatic rings. The van der Waals surface area contributed by atoms with Gasteiger partial charge in [-0.25, -0.2) is 14.4 Å². The number of amides is 11. The normalized spacial score (nSPS) is 23.8. The lowest BCUT2D eigenvalue weighted by molar-refractivity contribution is -0.162. The maximum absolute atomic E-state index is 14.6. The summed E-state index contributed by atoms with van der Waals surface area (Å²) in [5.41, 5.74) is 10.6. The van der Waals surface area contributed by atoms with Crippen molar-refractivity contribution in [3.63, 3.8) is 0 Å². The molecule has 138 heavy (non-hydrogen) atoms. The minimum atomic E-state index is -1.90. The van der Waals surface area contributed by atoms with Gasteiger partial charge in [0, 0.05) is 145 Å². The number of halogens is 1. The number of allylic oxidation sites excluding steroid dienone is 9. The van der Waals surface area contributed by atoms with Crippen LogP contribution in [0.3, 0.4) is 0 Å². The minimum Gasteiger partial charge on any atom is -0.495 e. The van der Waals surface area contributed by atoms with Gasteiger partial charge in [0.15, 0.2) is 5.72 Å². The molecule has 11 amide bonds. The number of hydrogen-bond acceptors (Lipinski definition) is 27. The van der Waals surface area contributed by atoms with Gasteiger partial charge in [-0.05, 0) is 171 Å². The van der Waals surface area contributed by atoms with Gasteiger partial charge in [-0.2, -0.15) is 11.8 Å². The fourth-order valence-corrected chi connectivity index (χ4v) is 22.0. The Morgan fingerprint density at radius 1 is 0.819 bits per heavy atom. The van der Waals surface area contributed by atoms with Crippen LogP contribution in [0.5, 0.6) is 5.75 Å². The Morgan fingerprint density at radius 3 is 2.23 bits per heavy atom. The predicted octanol–water partition coefficient (Wildman–Crippen LogP) is 10.1. The first-order chi connectivity index (χ1) is 65.4. The summed E-state index contributed by atoms with van der Waals surface area (Å²) in [4.78, 5) is 171.